The molecule has 0 radical (unpaired) electrons. The number of hydrogen-bond acceptors (Lipinski definition) is 5. The lowest BCUT2D eigenvalue weighted by atomic mass is 10.2. The third kappa shape index (κ3) is 3.48. The Morgan fingerprint density at radius 2 is 1.93 bits per heavy atom. The van der Waals surface area contributed by atoms with Crippen LogP contribution in [0.1, 0.15) is 21.6 Å². The van der Waals surface area contributed by atoms with E-state index in [0.717, 1.165) is 0 Å². The van der Waals surface area contributed by atoms with Crippen LogP contribution < -0.4 is 10.1 Å². The summed E-state index contributed by atoms with van der Waals surface area (Å²) in [6, 6.07) is 13.6. The molecular weight excluding hydrogens is 402 g/mol. The Labute approximate surface area is 166 Å². The van der Waals surface area contributed by atoms with Crippen LogP contribution in [-0.2, 0) is 21.3 Å². The van der Waals surface area contributed by atoms with Crippen LogP contribution in [-0.4, -0.2) is 31.2 Å². The number of amides is 1. The molecule has 0 spiro atoms. The van der Waals surface area contributed by atoms with E-state index >= 15 is 0 Å². The molecule has 1 aliphatic heterocycles. The molecule has 7 nitrogen and oxygen atoms in total. The van der Waals surface area contributed by atoms with E-state index in [-0.39, 0.29) is 17.4 Å². The van der Waals surface area contributed by atoms with E-state index < -0.39 is 9.84 Å². The molecule has 28 heavy (non-hydrogen) atoms. The lowest BCUT2D eigenvalue weighted by Gasteiger charge is -2.12. The SMILES string of the molecule is COc1cccc(C(=O)Nc2c3c(nn2-c2ccc(Cl)cc2)CS(=O)(=O)C3)c1. The molecule has 0 unspecified atom stereocenters. The Hall–Kier alpha value is -2.84. The van der Waals surface area contributed by atoms with Crippen LogP contribution in [0.5, 0.6) is 5.75 Å². The van der Waals surface area contributed by atoms with Crippen LogP contribution >= 0.6 is 11.6 Å². The summed E-state index contributed by atoms with van der Waals surface area (Å²) in [5, 5.41) is 7.80. The summed E-state index contributed by atoms with van der Waals surface area (Å²) < 4.78 is 30.8. The maximum Gasteiger partial charge on any atom is 0.256 e. The number of benzene rings is 2. The van der Waals surface area contributed by atoms with Crippen molar-refractivity contribution >= 4 is 33.2 Å². The first-order valence-corrected chi connectivity index (χ1v) is 10.6. The van der Waals surface area contributed by atoms with Crippen molar-refractivity contribution < 1.29 is 17.9 Å². The second kappa shape index (κ2) is 6.96. The highest BCUT2D eigenvalue weighted by Gasteiger charge is 2.33. The molecule has 1 amide bonds. The van der Waals surface area contributed by atoms with Gasteiger partial charge in [0.15, 0.2) is 9.84 Å². The van der Waals surface area contributed by atoms with Crippen molar-refractivity contribution in [2.45, 2.75) is 11.5 Å². The van der Waals surface area contributed by atoms with Gasteiger partial charge in [-0.25, -0.2) is 13.1 Å². The van der Waals surface area contributed by atoms with E-state index in [9.17, 15) is 13.2 Å². The van der Waals surface area contributed by atoms with Gasteiger partial charge in [0.2, 0.25) is 0 Å². The minimum Gasteiger partial charge on any atom is -0.497 e. The van der Waals surface area contributed by atoms with E-state index in [1.54, 1.807) is 48.5 Å². The van der Waals surface area contributed by atoms with Gasteiger partial charge in [0.25, 0.3) is 5.91 Å². The molecule has 0 bridgehead atoms. The Bertz CT molecular complexity index is 1170. The van der Waals surface area contributed by atoms with Gasteiger partial charge < -0.3 is 10.1 Å². The number of fused-ring (bicyclic) bond motifs is 1. The summed E-state index contributed by atoms with van der Waals surface area (Å²) in [4.78, 5) is 12.8. The van der Waals surface area contributed by atoms with Crippen molar-refractivity contribution in [2.24, 2.45) is 0 Å². The Kier molecular flexibility index (Phi) is 4.60. The fourth-order valence-electron chi connectivity index (χ4n) is 3.08. The number of methoxy groups -OCH3 is 1. The normalized spacial score (nSPS) is 14.5. The maximum atomic E-state index is 12.8. The molecule has 2 heterocycles. The zero-order chi connectivity index (χ0) is 19.9. The summed E-state index contributed by atoms with van der Waals surface area (Å²) in [5.41, 5.74) is 2.00. The average Bonchev–Trinajstić information content (AvgIpc) is 3.15. The van der Waals surface area contributed by atoms with E-state index in [1.165, 1.54) is 11.8 Å². The Balaban J connectivity index is 1.76. The number of hydrogen-bond donors (Lipinski definition) is 1. The van der Waals surface area contributed by atoms with Crippen LogP contribution in [0.2, 0.25) is 5.02 Å². The van der Waals surface area contributed by atoms with Gasteiger partial charge in [-0.2, -0.15) is 5.10 Å². The number of nitrogens with one attached hydrogen (secondary N) is 1. The first-order chi connectivity index (χ1) is 13.4. The summed E-state index contributed by atoms with van der Waals surface area (Å²) in [5.74, 6) is 0.188. The zero-order valence-electron chi connectivity index (χ0n) is 14.8. The number of rotatable bonds is 4. The molecule has 2 aromatic carbocycles. The quantitative estimate of drug-likeness (QED) is 0.703. The van der Waals surface area contributed by atoms with Crippen LogP contribution in [0.25, 0.3) is 5.69 Å². The molecule has 144 valence electrons. The monoisotopic (exact) mass is 417 g/mol. The van der Waals surface area contributed by atoms with Gasteiger partial charge in [-0.1, -0.05) is 17.7 Å². The van der Waals surface area contributed by atoms with Crippen LogP contribution in [0.15, 0.2) is 48.5 Å². The van der Waals surface area contributed by atoms with Gasteiger partial charge in [-0.3, -0.25) is 4.79 Å². The predicted octanol–water partition coefficient (Wildman–Crippen LogP) is 3.22. The van der Waals surface area contributed by atoms with Crippen molar-refractivity contribution in [1.82, 2.24) is 9.78 Å². The van der Waals surface area contributed by atoms with Crippen molar-refractivity contribution in [2.75, 3.05) is 12.4 Å². The number of sulfone groups is 1. The van der Waals surface area contributed by atoms with Gasteiger partial charge in [0, 0.05) is 16.1 Å². The number of halogens is 1. The topological polar surface area (TPSA) is 90.3 Å². The first-order valence-electron chi connectivity index (χ1n) is 8.39. The highest BCUT2D eigenvalue weighted by Crippen LogP contribution is 2.33. The Morgan fingerprint density at radius 3 is 2.64 bits per heavy atom. The third-order valence-electron chi connectivity index (χ3n) is 4.42. The van der Waals surface area contributed by atoms with Crippen molar-refractivity contribution in [1.29, 1.82) is 0 Å². The fraction of sp³-hybridized carbons (Fsp3) is 0.158. The number of carbonyl (C=O) groups excluding carboxylic acids is 1. The third-order valence-corrected chi connectivity index (χ3v) is 6.12. The van der Waals surface area contributed by atoms with E-state index in [4.69, 9.17) is 16.3 Å². The summed E-state index contributed by atoms with van der Waals surface area (Å²) >= 11 is 5.95. The summed E-state index contributed by atoms with van der Waals surface area (Å²) in [6.45, 7) is 0. The van der Waals surface area contributed by atoms with Gasteiger partial charge >= 0.3 is 0 Å². The molecule has 0 fully saturated rings. The molecule has 0 saturated carbocycles. The van der Waals surface area contributed by atoms with Gasteiger partial charge in [0.05, 0.1) is 30.0 Å². The van der Waals surface area contributed by atoms with E-state index in [0.29, 0.717) is 39.1 Å². The smallest absolute Gasteiger partial charge is 0.256 e. The van der Waals surface area contributed by atoms with Gasteiger partial charge in [-0.15, -0.1) is 0 Å². The van der Waals surface area contributed by atoms with Crippen LogP contribution in [0, 0.1) is 0 Å². The molecule has 9 heteroatoms. The van der Waals surface area contributed by atoms with Gasteiger partial charge in [0.1, 0.15) is 11.6 Å². The molecule has 4 rings (SSSR count). The highest BCUT2D eigenvalue weighted by molar-refractivity contribution is 7.90. The van der Waals surface area contributed by atoms with Crippen molar-refractivity contribution in [3.05, 3.63) is 70.4 Å². The Morgan fingerprint density at radius 1 is 1.18 bits per heavy atom. The molecule has 0 aliphatic carbocycles. The summed E-state index contributed by atoms with van der Waals surface area (Å²) in [6.07, 6.45) is 0. The van der Waals surface area contributed by atoms with Crippen LogP contribution in [0.4, 0.5) is 5.82 Å². The number of aromatic nitrogens is 2. The molecular formula is C19H16ClN3O4S. The molecule has 1 N–H and O–H groups in total. The van der Waals surface area contributed by atoms with Crippen molar-refractivity contribution in [3.8, 4) is 11.4 Å². The standard InChI is InChI=1S/C19H16ClN3O4S/c1-27-15-4-2-3-12(9-15)19(24)21-18-16-10-28(25,26)11-17(16)22-23(18)14-7-5-13(20)6-8-14/h2-9H,10-11H2,1H3,(H,21,24). The van der Waals surface area contributed by atoms with Gasteiger partial charge in [-0.05, 0) is 42.5 Å². The maximum absolute atomic E-state index is 12.8. The second-order valence-electron chi connectivity index (χ2n) is 6.38. The number of carbonyl (C=O) groups is 1. The number of ether oxygens (including phenoxy) is 1. The molecule has 3 aromatic rings. The molecule has 0 atom stereocenters. The molecule has 1 aromatic heterocycles. The van der Waals surface area contributed by atoms with E-state index in [2.05, 4.69) is 10.4 Å². The number of anilines is 1. The first kappa shape index (κ1) is 18.5. The average molecular weight is 418 g/mol. The lowest BCUT2D eigenvalue weighted by Crippen LogP contribution is -2.17. The van der Waals surface area contributed by atoms with Crippen molar-refractivity contribution in [3.63, 3.8) is 0 Å². The summed E-state index contributed by atoms with van der Waals surface area (Å²) in [7, 11) is -1.75. The highest BCUT2D eigenvalue weighted by atomic mass is 35.5. The minimum atomic E-state index is -3.27. The fourth-order valence-corrected chi connectivity index (χ4v) is 4.70. The van der Waals surface area contributed by atoms with E-state index in [1.807, 2.05) is 0 Å². The largest absolute Gasteiger partial charge is 0.497 e. The minimum absolute atomic E-state index is 0.148. The number of nitrogens with zero attached hydrogens (tertiary/aromatic N) is 2. The molecule has 1 aliphatic rings. The predicted molar refractivity (Wildman–Crippen MR) is 106 cm³/mol. The molecule has 0 saturated heterocycles. The second-order valence-corrected chi connectivity index (χ2v) is 8.88. The zero-order valence-corrected chi connectivity index (χ0v) is 16.4. The lowest BCUT2D eigenvalue weighted by molar-refractivity contribution is 0.102. The van der Waals surface area contributed by atoms with Crippen LogP contribution in [0.3, 0.4) is 0 Å².